The van der Waals surface area contributed by atoms with Gasteiger partial charge in [0.15, 0.2) is 0 Å². The molecule has 4 nitrogen and oxygen atoms in total. The van der Waals surface area contributed by atoms with Crippen LogP contribution in [0.3, 0.4) is 0 Å². The van der Waals surface area contributed by atoms with Gasteiger partial charge in [0.05, 0.1) is 11.0 Å². The fourth-order valence-corrected chi connectivity index (χ4v) is 6.33. The molecule has 118 valence electrons. The molecule has 0 aromatic carbocycles. The van der Waals surface area contributed by atoms with Crippen molar-refractivity contribution in [2.45, 2.75) is 45.4 Å². The average Bonchev–Trinajstić information content (AvgIpc) is 2.78. The first-order valence-electron chi connectivity index (χ1n) is 8.17. The molecule has 22 heavy (non-hydrogen) atoms. The predicted octanol–water partition coefficient (Wildman–Crippen LogP) is 3.31. The van der Waals surface area contributed by atoms with Crippen LogP contribution in [0, 0.1) is 30.1 Å². The Hall–Kier alpha value is -1.36. The summed E-state index contributed by atoms with van der Waals surface area (Å²) in [6, 6.07) is 1.77. The summed E-state index contributed by atoms with van der Waals surface area (Å²) in [6.07, 6.45) is 7.04. The standard InChI is InChI=1S/C17H22N2O2S/c1-9-2-13(14(18)20)15(22-9)19-16(21)17-6-10-3-11(7-17)5-12(4-10)8-17/h2,10-12H,3-8H2,1H3,(H2,18,20)(H,19,21). The number of carbonyl (C=O) groups excluding carboxylic acids is 2. The summed E-state index contributed by atoms with van der Waals surface area (Å²) in [5.74, 6) is 1.86. The van der Waals surface area contributed by atoms with E-state index in [0.29, 0.717) is 10.6 Å². The minimum absolute atomic E-state index is 0.121. The molecule has 3 N–H and O–H groups in total. The number of carbonyl (C=O) groups is 2. The van der Waals surface area contributed by atoms with Crippen LogP contribution in [0.5, 0.6) is 0 Å². The van der Waals surface area contributed by atoms with E-state index in [1.807, 2.05) is 6.92 Å². The van der Waals surface area contributed by atoms with Crippen molar-refractivity contribution in [3.8, 4) is 0 Å². The van der Waals surface area contributed by atoms with Gasteiger partial charge in [-0.3, -0.25) is 9.59 Å². The van der Waals surface area contributed by atoms with E-state index in [1.165, 1.54) is 30.6 Å². The highest BCUT2D eigenvalue weighted by Gasteiger charge is 2.54. The molecule has 5 rings (SSSR count). The van der Waals surface area contributed by atoms with E-state index in [-0.39, 0.29) is 11.3 Å². The van der Waals surface area contributed by atoms with Gasteiger partial charge < -0.3 is 11.1 Å². The lowest BCUT2D eigenvalue weighted by molar-refractivity contribution is -0.140. The summed E-state index contributed by atoms with van der Waals surface area (Å²) >= 11 is 1.44. The lowest BCUT2D eigenvalue weighted by Crippen LogP contribution is -2.51. The molecule has 4 aliphatic carbocycles. The molecule has 1 aromatic heterocycles. The Bertz CT molecular complexity index is 614. The molecule has 0 atom stereocenters. The fraction of sp³-hybridized carbons (Fsp3) is 0.647. The van der Waals surface area contributed by atoms with Crippen molar-refractivity contribution in [2.24, 2.45) is 28.9 Å². The number of aryl methyl sites for hydroxylation is 1. The molecule has 0 radical (unpaired) electrons. The van der Waals surface area contributed by atoms with Crippen molar-refractivity contribution < 1.29 is 9.59 Å². The highest BCUT2D eigenvalue weighted by Crippen LogP contribution is 2.60. The van der Waals surface area contributed by atoms with Gasteiger partial charge in [0.2, 0.25) is 5.91 Å². The first-order valence-corrected chi connectivity index (χ1v) is 8.98. The third-order valence-corrected chi connectivity index (χ3v) is 6.83. The van der Waals surface area contributed by atoms with Crippen LogP contribution in [0.15, 0.2) is 6.07 Å². The van der Waals surface area contributed by atoms with Crippen LogP contribution in [0.25, 0.3) is 0 Å². The zero-order chi connectivity index (χ0) is 15.5. The minimum Gasteiger partial charge on any atom is -0.366 e. The van der Waals surface area contributed by atoms with Crippen molar-refractivity contribution >= 4 is 28.2 Å². The quantitative estimate of drug-likeness (QED) is 0.897. The van der Waals surface area contributed by atoms with E-state index in [0.717, 1.165) is 41.9 Å². The van der Waals surface area contributed by atoms with E-state index in [2.05, 4.69) is 5.32 Å². The Balaban J connectivity index is 1.59. The normalized spacial score (nSPS) is 35.6. The van der Waals surface area contributed by atoms with Crippen LogP contribution < -0.4 is 11.1 Å². The predicted molar refractivity (Wildman–Crippen MR) is 86.8 cm³/mol. The molecule has 5 heteroatoms. The number of primary amides is 1. The number of amides is 2. The number of anilines is 1. The Morgan fingerprint density at radius 3 is 2.23 bits per heavy atom. The van der Waals surface area contributed by atoms with Crippen LogP contribution in [-0.2, 0) is 4.79 Å². The lowest BCUT2D eigenvalue weighted by Gasteiger charge is -2.55. The summed E-state index contributed by atoms with van der Waals surface area (Å²) in [5, 5.41) is 3.68. The first kappa shape index (κ1) is 14.2. The number of nitrogens with one attached hydrogen (secondary N) is 1. The van der Waals surface area contributed by atoms with Gasteiger partial charge in [-0.15, -0.1) is 11.3 Å². The molecular weight excluding hydrogens is 296 g/mol. The molecule has 4 aliphatic rings. The van der Waals surface area contributed by atoms with Gasteiger partial charge in [-0.1, -0.05) is 0 Å². The average molecular weight is 318 g/mol. The molecule has 4 bridgehead atoms. The van der Waals surface area contributed by atoms with Crippen molar-refractivity contribution in [1.82, 2.24) is 0 Å². The monoisotopic (exact) mass is 318 g/mol. The molecule has 0 unspecified atom stereocenters. The second-order valence-corrected chi connectivity index (χ2v) is 8.87. The highest BCUT2D eigenvalue weighted by molar-refractivity contribution is 7.16. The zero-order valence-corrected chi connectivity index (χ0v) is 13.7. The third kappa shape index (κ3) is 2.18. The molecule has 0 saturated heterocycles. The Morgan fingerprint density at radius 1 is 1.18 bits per heavy atom. The van der Waals surface area contributed by atoms with Crippen LogP contribution in [0.2, 0.25) is 0 Å². The first-order chi connectivity index (χ1) is 10.4. The molecule has 0 aliphatic heterocycles. The highest BCUT2D eigenvalue weighted by atomic mass is 32.1. The smallest absolute Gasteiger partial charge is 0.251 e. The third-order valence-electron chi connectivity index (χ3n) is 5.87. The summed E-state index contributed by atoms with van der Waals surface area (Å²) in [4.78, 5) is 25.5. The van der Waals surface area contributed by atoms with E-state index < -0.39 is 5.91 Å². The fourth-order valence-electron chi connectivity index (χ4n) is 5.41. The molecule has 0 spiro atoms. The number of thiophene rings is 1. The van der Waals surface area contributed by atoms with Crippen LogP contribution in [-0.4, -0.2) is 11.8 Å². The zero-order valence-electron chi connectivity index (χ0n) is 12.9. The molecule has 4 saturated carbocycles. The van der Waals surface area contributed by atoms with Gasteiger partial charge in [0, 0.05) is 4.88 Å². The van der Waals surface area contributed by atoms with Crippen molar-refractivity contribution in [3.05, 3.63) is 16.5 Å². The largest absolute Gasteiger partial charge is 0.366 e. The van der Waals surface area contributed by atoms with Crippen LogP contribution in [0.1, 0.15) is 53.8 Å². The summed E-state index contributed by atoms with van der Waals surface area (Å²) in [6.45, 7) is 1.93. The molecule has 2 amide bonds. The van der Waals surface area contributed by atoms with Crippen LogP contribution in [0.4, 0.5) is 5.00 Å². The van der Waals surface area contributed by atoms with Crippen molar-refractivity contribution in [2.75, 3.05) is 5.32 Å². The Kier molecular flexibility index (Phi) is 3.12. The van der Waals surface area contributed by atoms with Gasteiger partial charge in [0.1, 0.15) is 5.00 Å². The van der Waals surface area contributed by atoms with E-state index in [9.17, 15) is 9.59 Å². The molecular formula is C17H22N2O2S. The maximum atomic E-state index is 13.0. The van der Waals surface area contributed by atoms with Gasteiger partial charge in [0.25, 0.3) is 5.91 Å². The Morgan fingerprint density at radius 2 is 1.73 bits per heavy atom. The van der Waals surface area contributed by atoms with Gasteiger partial charge in [-0.25, -0.2) is 0 Å². The van der Waals surface area contributed by atoms with Crippen molar-refractivity contribution in [3.63, 3.8) is 0 Å². The van der Waals surface area contributed by atoms with Crippen molar-refractivity contribution in [1.29, 1.82) is 0 Å². The van der Waals surface area contributed by atoms with E-state index >= 15 is 0 Å². The molecule has 1 heterocycles. The number of hydrogen-bond donors (Lipinski definition) is 2. The minimum atomic E-state index is -0.467. The van der Waals surface area contributed by atoms with E-state index in [1.54, 1.807) is 6.07 Å². The summed E-state index contributed by atoms with van der Waals surface area (Å²) in [5.41, 5.74) is 5.68. The summed E-state index contributed by atoms with van der Waals surface area (Å²) < 4.78 is 0. The molecule has 4 fully saturated rings. The van der Waals surface area contributed by atoms with E-state index in [4.69, 9.17) is 5.73 Å². The van der Waals surface area contributed by atoms with Gasteiger partial charge in [-0.2, -0.15) is 0 Å². The maximum absolute atomic E-state index is 13.0. The van der Waals surface area contributed by atoms with Gasteiger partial charge in [-0.05, 0) is 69.3 Å². The SMILES string of the molecule is Cc1cc(C(N)=O)c(NC(=O)C23CC4CC(CC(C4)C2)C3)s1. The lowest BCUT2D eigenvalue weighted by atomic mass is 9.49. The Labute approximate surface area is 134 Å². The topological polar surface area (TPSA) is 72.2 Å². The number of nitrogens with two attached hydrogens (primary N) is 1. The molecule has 1 aromatic rings. The number of hydrogen-bond acceptors (Lipinski definition) is 3. The summed E-state index contributed by atoms with van der Waals surface area (Å²) in [7, 11) is 0. The van der Waals surface area contributed by atoms with Gasteiger partial charge >= 0.3 is 0 Å². The second-order valence-electron chi connectivity index (χ2n) is 7.62. The van der Waals surface area contributed by atoms with Crippen LogP contribution >= 0.6 is 11.3 Å². The second kappa shape index (κ2) is 4.82. The maximum Gasteiger partial charge on any atom is 0.251 e. The number of rotatable bonds is 3.